The van der Waals surface area contributed by atoms with Crippen LogP contribution in [0.25, 0.3) is 5.76 Å². The van der Waals surface area contributed by atoms with Crippen molar-refractivity contribution in [2.75, 3.05) is 26.2 Å². The molecule has 0 spiro atoms. The molecule has 4 rings (SSSR count). The number of anilines is 1. The highest BCUT2D eigenvalue weighted by atomic mass is 35.5. The number of methoxy groups -OCH3 is 3. The molecule has 1 fully saturated rings. The molecule has 1 unspecified atom stereocenters. The number of carbonyl (C=O) groups is 2. The van der Waals surface area contributed by atoms with E-state index in [0.717, 1.165) is 11.1 Å². The van der Waals surface area contributed by atoms with Gasteiger partial charge in [0.2, 0.25) is 0 Å². The van der Waals surface area contributed by atoms with E-state index in [1.807, 2.05) is 26.0 Å². The van der Waals surface area contributed by atoms with Crippen molar-refractivity contribution in [1.29, 1.82) is 0 Å². The molecular formula is C28H25Cl2NO6. The Hall–Kier alpha value is -3.68. The smallest absolute Gasteiger partial charge is 0.300 e. The summed E-state index contributed by atoms with van der Waals surface area (Å²) in [5.74, 6) is -1.55. The fourth-order valence-corrected chi connectivity index (χ4v) is 5.14. The summed E-state index contributed by atoms with van der Waals surface area (Å²) in [6.45, 7) is 3.87. The predicted octanol–water partition coefficient (Wildman–Crippen LogP) is 6.26. The van der Waals surface area contributed by atoms with Crippen molar-refractivity contribution in [2.45, 2.75) is 19.9 Å². The number of ether oxygens (including phenoxy) is 3. The topological polar surface area (TPSA) is 85.3 Å². The van der Waals surface area contributed by atoms with E-state index in [4.69, 9.17) is 37.4 Å². The number of ketones is 1. The number of rotatable bonds is 6. The Morgan fingerprint density at radius 2 is 1.57 bits per heavy atom. The molecule has 1 aliphatic rings. The second-order valence-electron chi connectivity index (χ2n) is 8.47. The number of aliphatic hydroxyl groups is 1. The molecule has 3 aromatic rings. The van der Waals surface area contributed by atoms with Gasteiger partial charge >= 0.3 is 0 Å². The fourth-order valence-electron chi connectivity index (χ4n) is 4.45. The number of aryl methyl sites for hydroxylation is 2. The average Bonchev–Trinajstić information content (AvgIpc) is 3.15. The van der Waals surface area contributed by atoms with Gasteiger partial charge in [-0.15, -0.1) is 0 Å². The van der Waals surface area contributed by atoms with Gasteiger partial charge in [0.15, 0.2) is 11.5 Å². The van der Waals surface area contributed by atoms with Crippen LogP contribution < -0.4 is 19.1 Å². The quantitative estimate of drug-likeness (QED) is 0.225. The lowest BCUT2D eigenvalue weighted by atomic mass is 9.94. The summed E-state index contributed by atoms with van der Waals surface area (Å²) in [5, 5.41) is 11.7. The molecule has 7 nitrogen and oxygen atoms in total. The number of hydrogen-bond acceptors (Lipinski definition) is 6. The van der Waals surface area contributed by atoms with Gasteiger partial charge in [-0.25, -0.2) is 0 Å². The van der Waals surface area contributed by atoms with Crippen LogP contribution in [0.1, 0.15) is 28.3 Å². The van der Waals surface area contributed by atoms with E-state index >= 15 is 0 Å². The lowest BCUT2D eigenvalue weighted by Gasteiger charge is -2.27. The zero-order valence-corrected chi connectivity index (χ0v) is 22.4. The van der Waals surface area contributed by atoms with E-state index < -0.39 is 23.5 Å². The van der Waals surface area contributed by atoms with Gasteiger partial charge < -0.3 is 19.3 Å². The van der Waals surface area contributed by atoms with Crippen LogP contribution >= 0.6 is 23.2 Å². The first-order chi connectivity index (χ1) is 17.7. The summed E-state index contributed by atoms with van der Waals surface area (Å²) < 4.78 is 16.3. The van der Waals surface area contributed by atoms with Gasteiger partial charge in [0.1, 0.15) is 16.5 Å². The van der Waals surface area contributed by atoms with Crippen LogP contribution in [-0.4, -0.2) is 38.1 Å². The monoisotopic (exact) mass is 541 g/mol. The van der Waals surface area contributed by atoms with Gasteiger partial charge in [0, 0.05) is 11.3 Å². The van der Waals surface area contributed by atoms with Crippen LogP contribution in [-0.2, 0) is 9.59 Å². The molecule has 1 amide bonds. The normalized spacial score (nSPS) is 16.7. The molecule has 0 aromatic heterocycles. The Bertz CT molecular complexity index is 1450. The molecule has 1 saturated heterocycles. The minimum atomic E-state index is -1.01. The molecule has 9 heteroatoms. The van der Waals surface area contributed by atoms with Crippen molar-refractivity contribution in [1.82, 2.24) is 0 Å². The Morgan fingerprint density at radius 1 is 0.892 bits per heavy atom. The first-order valence-corrected chi connectivity index (χ1v) is 12.0. The van der Waals surface area contributed by atoms with Crippen molar-refractivity contribution in [3.05, 3.63) is 86.4 Å². The molecule has 37 heavy (non-hydrogen) atoms. The van der Waals surface area contributed by atoms with E-state index in [9.17, 15) is 14.7 Å². The highest BCUT2D eigenvalue weighted by Crippen LogP contribution is 2.49. The van der Waals surface area contributed by atoms with Gasteiger partial charge in [-0.05, 0) is 49.2 Å². The molecule has 0 bridgehead atoms. The van der Waals surface area contributed by atoms with Crippen molar-refractivity contribution in [3.63, 3.8) is 0 Å². The van der Waals surface area contributed by atoms with Gasteiger partial charge in [0.25, 0.3) is 11.7 Å². The minimum absolute atomic E-state index is 0.0104. The van der Waals surface area contributed by atoms with E-state index in [-0.39, 0.29) is 32.7 Å². The number of para-hydroxylation sites is 1. The number of aliphatic hydroxyl groups excluding tert-OH is 1. The Kier molecular flexibility index (Phi) is 7.39. The summed E-state index contributed by atoms with van der Waals surface area (Å²) in [7, 11) is 4.24. The van der Waals surface area contributed by atoms with Crippen molar-refractivity contribution < 1.29 is 28.9 Å². The zero-order chi connectivity index (χ0) is 27.0. The predicted molar refractivity (Wildman–Crippen MR) is 143 cm³/mol. The van der Waals surface area contributed by atoms with Crippen LogP contribution in [0.15, 0.2) is 54.1 Å². The van der Waals surface area contributed by atoms with Crippen LogP contribution in [0, 0.1) is 13.8 Å². The molecule has 1 N–H and O–H groups in total. The van der Waals surface area contributed by atoms with E-state index in [0.29, 0.717) is 17.0 Å². The maximum Gasteiger partial charge on any atom is 0.300 e. The SMILES string of the molecule is COc1ccccc1C1/C(=C(\O)c2cc(Cl)c(OC)c(Cl)c2OC)C(=O)C(=O)N1c1ccc(C)c(C)c1. The third-order valence-electron chi connectivity index (χ3n) is 6.44. The molecule has 0 radical (unpaired) electrons. The third-order valence-corrected chi connectivity index (χ3v) is 7.07. The number of Topliss-reactive ketones (excluding diaryl/α,β-unsaturated/α-hetero) is 1. The van der Waals surface area contributed by atoms with Crippen molar-refractivity contribution in [2.24, 2.45) is 0 Å². The molecule has 0 aliphatic carbocycles. The average molecular weight is 542 g/mol. The third kappa shape index (κ3) is 4.38. The first kappa shape index (κ1) is 26.4. The van der Waals surface area contributed by atoms with Crippen LogP contribution in [0.5, 0.6) is 17.2 Å². The second-order valence-corrected chi connectivity index (χ2v) is 9.25. The Morgan fingerprint density at radius 3 is 2.19 bits per heavy atom. The second kappa shape index (κ2) is 10.4. The van der Waals surface area contributed by atoms with Crippen molar-refractivity contribution >= 4 is 46.3 Å². The Labute approximate surface area is 224 Å². The highest BCUT2D eigenvalue weighted by Gasteiger charge is 2.48. The molecule has 192 valence electrons. The number of amides is 1. The number of halogens is 2. The molecule has 1 atom stereocenters. The summed E-state index contributed by atoms with van der Waals surface area (Å²) in [6.07, 6.45) is 0. The lowest BCUT2D eigenvalue weighted by Crippen LogP contribution is -2.29. The maximum absolute atomic E-state index is 13.6. The molecule has 1 aliphatic heterocycles. The highest BCUT2D eigenvalue weighted by molar-refractivity contribution is 6.52. The fraction of sp³-hybridized carbons (Fsp3) is 0.214. The molecule has 3 aromatic carbocycles. The summed E-state index contributed by atoms with van der Waals surface area (Å²) in [5.41, 5.74) is 2.85. The standard InChI is InChI=1S/C28H25Cl2NO6/c1-14-10-11-16(12-15(14)2)31-23(17-8-6-7-9-20(17)35-3)21(25(33)28(31)34)24(32)18-13-19(29)27(37-5)22(30)26(18)36-4/h6-13,23,32H,1-5H3/b24-21+. The molecular weight excluding hydrogens is 517 g/mol. The van der Waals surface area contributed by atoms with Gasteiger partial charge in [-0.1, -0.05) is 47.5 Å². The van der Waals surface area contributed by atoms with Crippen LogP contribution in [0.2, 0.25) is 10.0 Å². The summed E-state index contributed by atoms with van der Waals surface area (Å²) in [4.78, 5) is 28.4. The number of nitrogens with zero attached hydrogens (tertiary/aromatic N) is 1. The van der Waals surface area contributed by atoms with Gasteiger partial charge in [0.05, 0.1) is 43.5 Å². The summed E-state index contributed by atoms with van der Waals surface area (Å²) >= 11 is 12.8. The van der Waals surface area contributed by atoms with Crippen LogP contribution in [0.3, 0.4) is 0 Å². The zero-order valence-electron chi connectivity index (χ0n) is 20.9. The van der Waals surface area contributed by atoms with Crippen LogP contribution in [0.4, 0.5) is 5.69 Å². The summed E-state index contributed by atoms with van der Waals surface area (Å²) in [6, 6.07) is 12.8. The van der Waals surface area contributed by atoms with Gasteiger partial charge in [-0.3, -0.25) is 14.5 Å². The van der Waals surface area contributed by atoms with Gasteiger partial charge in [-0.2, -0.15) is 0 Å². The maximum atomic E-state index is 13.6. The number of hydrogen-bond donors (Lipinski definition) is 1. The van der Waals surface area contributed by atoms with E-state index in [1.165, 1.54) is 32.3 Å². The minimum Gasteiger partial charge on any atom is -0.507 e. The number of benzene rings is 3. The largest absolute Gasteiger partial charge is 0.507 e. The lowest BCUT2D eigenvalue weighted by molar-refractivity contribution is -0.132. The number of carbonyl (C=O) groups excluding carboxylic acids is 2. The molecule has 1 heterocycles. The van der Waals surface area contributed by atoms with E-state index in [2.05, 4.69) is 0 Å². The van der Waals surface area contributed by atoms with Crippen molar-refractivity contribution in [3.8, 4) is 17.2 Å². The molecule has 0 saturated carbocycles. The first-order valence-electron chi connectivity index (χ1n) is 11.3. The van der Waals surface area contributed by atoms with E-state index in [1.54, 1.807) is 30.3 Å². The Balaban J connectivity index is 2.06.